The minimum Gasteiger partial charge on any atom is -0.465 e. The lowest BCUT2D eigenvalue weighted by molar-refractivity contribution is 0.0601. The molecular formula is C28H21N3O3. The summed E-state index contributed by atoms with van der Waals surface area (Å²) in [4.78, 5) is 34.9. The number of anilines is 1. The molecule has 0 saturated heterocycles. The molecule has 3 aromatic carbocycles. The Morgan fingerprint density at radius 1 is 0.794 bits per heavy atom. The third-order valence-electron chi connectivity index (χ3n) is 5.64. The van der Waals surface area contributed by atoms with E-state index < -0.39 is 5.97 Å². The van der Waals surface area contributed by atoms with Crippen molar-refractivity contribution in [3.63, 3.8) is 0 Å². The summed E-state index contributed by atoms with van der Waals surface area (Å²) in [5, 5.41) is 4.45. The van der Waals surface area contributed by atoms with Crippen LogP contribution >= 0.6 is 0 Å². The van der Waals surface area contributed by atoms with Crippen molar-refractivity contribution in [3.8, 4) is 11.3 Å². The van der Waals surface area contributed by atoms with Gasteiger partial charge in [0.1, 0.15) is 0 Å². The van der Waals surface area contributed by atoms with Crippen molar-refractivity contribution in [3.05, 3.63) is 102 Å². The zero-order chi connectivity index (χ0) is 23.7. The van der Waals surface area contributed by atoms with Crippen LogP contribution in [0.1, 0.15) is 26.4 Å². The number of carbonyl (C=O) groups excluding carboxylic acids is 2. The van der Waals surface area contributed by atoms with Crippen LogP contribution in [0.5, 0.6) is 0 Å². The fourth-order valence-corrected chi connectivity index (χ4v) is 4.02. The number of aromatic nitrogens is 2. The summed E-state index contributed by atoms with van der Waals surface area (Å²) in [5.74, 6) is -0.724. The third kappa shape index (κ3) is 3.97. The van der Waals surface area contributed by atoms with Crippen LogP contribution in [0.25, 0.3) is 33.1 Å². The number of rotatable bonds is 4. The van der Waals surface area contributed by atoms with Crippen LogP contribution in [-0.4, -0.2) is 29.0 Å². The van der Waals surface area contributed by atoms with E-state index in [-0.39, 0.29) is 5.91 Å². The summed E-state index contributed by atoms with van der Waals surface area (Å²) < 4.78 is 4.85. The Morgan fingerprint density at radius 3 is 2.32 bits per heavy atom. The van der Waals surface area contributed by atoms with Gasteiger partial charge in [0, 0.05) is 22.0 Å². The molecule has 6 nitrogen and oxygen atoms in total. The molecule has 6 heteroatoms. The van der Waals surface area contributed by atoms with Gasteiger partial charge in [-0.1, -0.05) is 48.5 Å². The minimum absolute atomic E-state index is 0.272. The molecule has 0 saturated carbocycles. The molecule has 1 N–H and O–H groups in total. The molecule has 0 unspecified atom stereocenters. The number of aryl methyl sites for hydroxylation is 1. The molecule has 2 aromatic heterocycles. The molecule has 0 fully saturated rings. The summed E-state index contributed by atoms with van der Waals surface area (Å²) in [6.45, 7) is 1.86. The van der Waals surface area contributed by atoms with E-state index in [9.17, 15) is 9.59 Å². The Labute approximate surface area is 196 Å². The molecule has 0 radical (unpaired) electrons. The van der Waals surface area contributed by atoms with Crippen LogP contribution in [0, 0.1) is 6.92 Å². The van der Waals surface area contributed by atoms with Crippen molar-refractivity contribution >= 4 is 39.4 Å². The lowest BCUT2D eigenvalue weighted by Crippen LogP contribution is -2.14. The highest BCUT2D eigenvalue weighted by molar-refractivity contribution is 6.15. The summed E-state index contributed by atoms with van der Waals surface area (Å²) in [5.41, 5.74) is 5.26. The Morgan fingerprint density at radius 2 is 1.53 bits per heavy atom. The van der Waals surface area contributed by atoms with Gasteiger partial charge in [0.05, 0.1) is 40.7 Å². The number of ether oxygens (including phenoxy) is 1. The number of amides is 1. The van der Waals surface area contributed by atoms with E-state index in [0.29, 0.717) is 33.4 Å². The van der Waals surface area contributed by atoms with Crippen LogP contribution in [0.3, 0.4) is 0 Å². The molecular weight excluding hydrogens is 426 g/mol. The summed E-state index contributed by atoms with van der Waals surface area (Å²) >= 11 is 0. The van der Waals surface area contributed by atoms with Crippen LogP contribution in [0.4, 0.5) is 5.69 Å². The van der Waals surface area contributed by atoms with Gasteiger partial charge in [-0.05, 0) is 43.3 Å². The minimum atomic E-state index is -0.451. The number of fused-ring (bicyclic) bond motifs is 2. The van der Waals surface area contributed by atoms with Gasteiger partial charge in [-0.3, -0.25) is 9.78 Å². The van der Waals surface area contributed by atoms with Crippen LogP contribution in [-0.2, 0) is 4.74 Å². The highest BCUT2D eigenvalue weighted by atomic mass is 16.5. The predicted molar refractivity (Wildman–Crippen MR) is 133 cm³/mol. The van der Waals surface area contributed by atoms with Crippen LogP contribution in [0.15, 0.2) is 84.9 Å². The highest BCUT2D eigenvalue weighted by Gasteiger charge is 2.17. The van der Waals surface area contributed by atoms with E-state index in [1.807, 2.05) is 67.6 Å². The van der Waals surface area contributed by atoms with Crippen LogP contribution < -0.4 is 5.32 Å². The Hall–Kier alpha value is -4.58. The van der Waals surface area contributed by atoms with E-state index in [4.69, 9.17) is 9.72 Å². The van der Waals surface area contributed by atoms with Crippen molar-refractivity contribution in [2.24, 2.45) is 0 Å². The molecule has 1 amide bonds. The number of nitrogens with zero attached hydrogens (tertiary/aromatic N) is 2. The van der Waals surface area contributed by atoms with Gasteiger partial charge >= 0.3 is 5.97 Å². The molecule has 0 spiro atoms. The largest absolute Gasteiger partial charge is 0.465 e. The smallest absolute Gasteiger partial charge is 0.337 e. The highest BCUT2D eigenvalue weighted by Crippen LogP contribution is 2.28. The van der Waals surface area contributed by atoms with Gasteiger partial charge in [0.2, 0.25) is 0 Å². The topological polar surface area (TPSA) is 81.2 Å². The number of pyridine rings is 2. The number of carbonyl (C=O) groups is 2. The second kappa shape index (κ2) is 8.75. The van der Waals surface area contributed by atoms with E-state index >= 15 is 0 Å². The molecule has 0 aliphatic carbocycles. The van der Waals surface area contributed by atoms with E-state index in [2.05, 4.69) is 10.3 Å². The number of methoxy groups -OCH3 is 1. The van der Waals surface area contributed by atoms with Gasteiger partial charge in [-0.2, -0.15) is 0 Å². The van der Waals surface area contributed by atoms with Crippen molar-refractivity contribution in [1.82, 2.24) is 9.97 Å². The molecule has 166 valence electrons. The number of para-hydroxylation sites is 1. The number of hydrogen-bond donors (Lipinski definition) is 1. The summed E-state index contributed by atoms with van der Waals surface area (Å²) in [6, 6.07) is 26.0. The van der Waals surface area contributed by atoms with Crippen LogP contribution in [0.2, 0.25) is 0 Å². The molecule has 0 atom stereocenters. The molecule has 5 rings (SSSR count). The van der Waals surface area contributed by atoms with Crippen molar-refractivity contribution in [1.29, 1.82) is 0 Å². The van der Waals surface area contributed by atoms with Gasteiger partial charge in [-0.25, -0.2) is 9.78 Å². The van der Waals surface area contributed by atoms with E-state index in [1.54, 1.807) is 24.3 Å². The normalized spacial score (nSPS) is 10.9. The van der Waals surface area contributed by atoms with Gasteiger partial charge in [0.25, 0.3) is 5.91 Å². The first-order valence-electron chi connectivity index (χ1n) is 10.8. The van der Waals surface area contributed by atoms with Gasteiger partial charge in [0.15, 0.2) is 0 Å². The first kappa shape index (κ1) is 21.3. The molecule has 0 aliphatic rings. The lowest BCUT2D eigenvalue weighted by atomic mass is 10.0. The second-order valence-electron chi connectivity index (χ2n) is 7.93. The zero-order valence-electron chi connectivity index (χ0n) is 18.7. The average molecular weight is 447 g/mol. The number of hydrogen-bond acceptors (Lipinski definition) is 5. The van der Waals surface area contributed by atoms with Crippen molar-refractivity contribution in [2.75, 3.05) is 12.4 Å². The van der Waals surface area contributed by atoms with Crippen molar-refractivity contribution < 1.29 is 14.3 Å². The maximum atomic E-state index is 13.6. The second-order valence-corrected chi connectivity index (χ2v) is 7.93. The first-order chi connectivity index (χ1) is 16.5. The van der Waals surface area contributed by atoms with E-state index in [0.717, 1.165) is 22.2 Å². The van der Waals surface area contributed by atoms with E-state index in [1.165, 1.54) is 7.11 Å². The fraction of sp³-hybridized carbons (Fsp3) is 0.0714. The summed E-state index contributed by atoms with van der Waals surface area (Å²) in [7, 11) is 1.33. The molecule has 0 aliphatic heterocycles. The fourth-order valence-electron chi connectivity index (χ4n) is 4.02. The standard InChI is InChI=1S/C28H21N3O3/c1-17-14-26(22-15-19(28(33)34-2)12-13-24(22)29-17)31-27(32)21-16-25(18-8-4-3-5-9-18)30-23-11-7-6-10-20(21)23/h3-16H,1-2H3,(H,29,31,32). The molecule has 34 heavy (non-hydrogen) atoms. The Kier molecular flexibility index (Phi) is 5.47. The lowest BCUT2D eigenvalue weighted by Gasteiger charge is -2.13. The van der Waals surface area contributed by atoms with Gasteiger partial charge in [-0.15, -0.1) is 0 Å². The maximum absolute atomic E-state index is 13.6. The number of nitrogens with one attached hydrogen (secondary N) is 1. The quantitative estimate of drug-likeness (QED) is 0.352. The number of benzene rings is 3. The Bertz CT molecular complexity index is 1560. The maximum Gasteiger partial charge on any atom is 0.337 e. The molecule has 5 aromatic rings. The molecule has 0 bridgehead atoms. The first-order valence-corrected chi connectivity index (χ1v) is 10.8. The SMILES string of the molecule is COC(=O)c1ccc2nc(C)cc(NC(=O)c3cc(-c4ccccc4)nc4ccccc34)c2c1. The summed E-state index contributed by atoms with van der Waals surface area (Å²) in [6.07, 6.45) is 0. The predicted octanol–water partition coefficient (Wildman–Crippen LogP) is 5.80. The number of esters is 1. The molecule has 2 heterocycles. The van der Waals surface area contributed by atoms with Gasteiger partial charge < -0.3 is 10.1 Å². The Balaban J connectivity index is 1.62. The zero-order valence-corrected chi connectivity index (χ0v) is 18.7. The monoisotopic (exact) mass is 447 g/mol. The average Bonchev–Trinajstić information content (AvgIpc) is 2.87. The third-order valence-corrected chi connectivity index (χ3v) is 5.64. The van der Waals surface area contributed by atoms with Crippen molar-refractivity contribution in [2.45, 2.75) is 6.92 Å².